The summed E-state index contributed by atoms with van der Waals surface area (Å²) in [6.07, 6.45) is 2.15. The number of hydrogen-bond donors (Lipinski definition) is 2. The van der Waals surface area contributed by atoms with Gasteiger partial charge < -0.3 is 10.6 Å². The predicted octanol–water partition coefficient (Wildman–Crippen LogP) is 0.881. The highest BCUT2D eigenvalue weighted by molar-refractivity contribution is 14.1. The monoisotopic (exact) mass is 254 g/mol. The summed E-state index contributed by atoms with van der Waals surface area (Å²) in [6, 6.07) is 1.04. The highest BCUT2D eigenvalue weighted by atomic mass is 127. The SMILES string of the molecule is CNC1CC(NC(=O)I)C1. The van der Waals surface area contributed by atoms with Crippen molar-refractivity contribution in [1.29, 1.82) is 0 Å². The summed E-state index contributed by atoms with van der Waals surface area (Å²) in [4.78, 5) is 10.5. The van der Waals surface area contributed by atoms with Crippen LogP contribution in [0.5, 0.6) is 0 Å². The standard InChI is InChI=1S/C6H11IN2O/c1-8-4-2-5(3-4)9-6(7)10/h4-5,8H,2-3H2,1H3,(H,9,10). The van der Waals surface area contributed by atoms with Gasteiger partial charge in [0.05, 0.1) is 0 Å². The first-order valence-corrected chi connectivity index (χ1v) is 4.43. The number of carbonyl (C=O) groups is 1. The fourth-order valence-electron chi connectivity index (χ4n) is 1.13. The molecule has 4 heteroatoms. The second-order valence-corrected chi connectivity index (χ2v) is 3.55. The van der Waals surface area contributed by atoms with Gasteiger partial charge in [0, 0.05) is 34.7 Å². The van der Waals surface area contributed by atoms with Gasteiger partial charge in [0.1, 0.15) is 0 Å². The van der Waals surface area contributed by atoms with Crippen LogP contribution in [0.15, 0.2) is 0 Å². The molecule has 1 aliphatic carbocycles. The molecule has 0 aromatic rings. The van der Waals surface area contributed by atoms with Crippen molar-refractivity contribution in [2.45, 2.75) is 24.9 Å². The van der Waals surface area contributed by atoms with Crippen molar-refractivity contribution in [2.24, 2.45) is 0 Å². The first-order chi connectivity index (χ1) is 4.72. The lowest BCUT2D eigenvalue weighted by Crippen LogP contribution is -2.50. The normalized spacial score (nSPS) is 31.0. The minimum atomic E-state index is 0.0529. The van der Waals surface area contributed by atoms with Crippen LogP contribution in [-0.4, -0.2) is 23.0 Å². The Balaban J connectivity index is 2.08. The minimum Gasteiger partial charge on any atom is -0.345 e. The Morgan fingerprint density at radius 3 is 2.50 bits per heavy atom. The van der Waals surface area contributed by atoms with Crippen molar-refractivity contribution in [1.82, 2.24) is 10.6 Å². The van der Waals surface area contributed by atoms with E-state index in [4.69, 9.17) is 0 Å². The van der Waals surface area contributed by atoms with Gasteiger partial charge in [-0.2, -0.15) is 0 Å². The molecule has 0 spiro atoms. The second kappa shape index (κ2) is 3.52. The number of rotatable bonds is 2. The number of halogens is 1. The minimum absolute atomic E-state index is 0.0529. The lowest BCUT2D eigenvalue weighted by atomic mass is 9.87. The number of amides is 1. The molecule has 0 atom stereocenters. The lowest BCUT2D eigenvalue weighted by molar-refractivity contribution is 0.237. The van der Waals surface area contributed by atoms with E-state index in [1.165, 1.54) is 0 Å². The largest absolute Gasteiger partial charge is 0.345 e. The fourth-order valence-corrected chi connectivity index (χ4v) is 1.57. The Hall–Kier alpha value is 0.160. The van der Waals surface area contributed by atoms with Crippen LogP contribution in [0.2, 0.25) is 0 Å². The molecule has 0 aromatic heterocycles. The Morgan fingerprint density at radius 1 is 1.50 bits per heavy atom. The number of nitrogens with one attached hydrogen (secondary N) is 2. The Kier molecular flexibility index (Phi) is 2.91. The Labute approximate surface area is 74.1 Å². The van der Waals surface area contributed by atoms with Crippen molar-refractivity contribution in [2.75, 3.05) is 7.05 Å². The van der Waals surface area contributed by atoms with E-state index in [9.17, 15) is 4.79 Å². The van der Waals surface area contributed by atoms with Crippen molar-refractivity contribution < 1.29 is 4.79 Å². The maximum atomic E-state index is 10.5. The van der Waals surface area contributed by atoms with Crippen LogP contribution in [0.25, 0.3) is 0 Å². The van der Waals surface area contributed by atoms with Crippen LogP contribution in [-0.2, 0) is 0 Å². The summed E-state index contributed by atoms with van der Waals surface area (Å²) >= 11 is 1.76. The Bertz CT molecular complexity index is 134. The third-order valence-corrected chi connectivity index (χ3v) is 2.18. The van der Waals surface area contributed by atoms with Crippen LogP contribution in [0.4, 0.5) is 4.79 Å². The summed E-state index contributed by atoms with van der Waals surface area (Å²) in [6.45, 7) is 0. The molecule has 0 heterocycles. The van der Waals surface area contributed by atoms with Gasteiger partial charge in [-0.25, -0.2) is 0 Å². The van der Waals surface area contributed by atoms with E-state index in [2.05, 4.69) is 10.6 Å². The molecule has 58 valence electrons. The molecule has 0 bridgehead atoms. The van der Waals surface area contributed by atoms with Crippen molar-refractivity contribution in [3.63, 3.8) is 0 Å². The average molecular weight is 254 g/mol. The van der Waals surface area contributed by atoms with Gasteiger partial charge >= 0.3 is 0 Å². The number of hydrogen-bond acceptors (Lipinski definition) is 2. The maximum Gasteiger partial charge on any atom is 0.280 e. The van der Waals surface area contributed by atoms with Gasteiger partial charge in [-0.05, 0) is 19.9 Å². The zero-order valence-electron chi connectivity index (χ0n) is 5.86. The molecule has 2 N–H and O–H groups in total. The molecule has 1 saturated carbocycles. The van der Waals surface area contributed by atoms with Gasteiger partial charge in [-0.1, -0.05) is 0 Å². The summed E-state index contributed by atoms with van der Waals surface area (Å²) < 4.78 is 0.0529. The third kappa shape index (κ3) is 2.09. The van der Waals surface area contributed by atoms with E-state index in [1.807, 2.05) is 7.05 Å². The van der Waals surface area contributed by atoms with Crippen LogP contribution < -0.4 is 10.6 Å². The zero-order chi connectivity index (χ0) is 7.56. The van der Waals surface area contributed by atoms with Gasteiger partial charge in [-0.15, -0.1) is 0 Å². The van der Waals surface area contributed by atoms with Crippen LogP contribution in [0.3, 0.4) is 0 Å². The molecule has 0 saturated heterocycles. The maximum absolute atomic E-state index is 10.5. The first-order valence-electron chi connectivity index (χ1n) is 3.35. The van der Waals surface area contributed by atoms with Crippen LogP contribution in [0, 0.1) is 0 Å². The molecule has 1 rings (SSSR count). The van der Waals surface area contributed by atoms with E-state index in [0.717, 1.165) is 12.8 Å². The summed E-state index contributed by atoms with van der Waals surface area (Å²) in [7, 11) is 1.95. The summed E-state index contributed by atoms with van der Waals surface area (Å²) in [5, 5.41) is 6.00. The van der Waals surface area contributed by atoms with Crippen molar-refractivity contribution >= 4 is 26.5 Å². The smallest absolute Gasteiger partial charge is 0.280 e. The molecular formula is C6H11IN2O. The molecule has 3 nitrogen and oxygen atoms in total. The van der Waals surface area contributed by atoms with E-state index >= 15 is 0 Å². The van der Waals surface area contributed by atoms with E-state index in [1.54, 1.807) is 22.6 Å². The fraction of sp³-hybridized carbons (Fsp3) is 0.833. The van der Waals surface area contributed by atoms with Gasteiger partial charge in [-0.3, -0.25) is 4.79 Å². The zero-order valence-corrected chi connectivity index (χ0v) is 8.01. The third-order valence-electron chi connectivity index (χ3n) is 1.86. The van der Waals surface area contributed by atoms with E-state index < -0.39 is 0 Å². The lowest BCUT2D eigenvalue weighted by Gasteiger charge is -2.34. The molecule has 1 fully saturated rings. The summed E-state index contributed by atoms with van der Waals surface area (Å²) in [5.41, 5.74) is 0. The quantitative estimate of drug-likeness (QED) is 0.436. The van der Waals surface area contributed by atoms with Crippen LogP contribution >= 0.6 is 22.6 Å². The molecule has 0 radical (unpaired) electrons. The second-order valence-electron chi connectivity index (χ2n) is 2.57. The predicted molar refractivity (Wildman–Crippen MR) is 48.4 cm³/mol. The van der Waals surface area contributed by atoms with Gasteiger partial charge in [0.15, 0.2) is 0 Å². The van der Waals surface area contributed by atoms with Gasteiger partial charge in [0.2, 0.25) is 0 Å². The topological polar surface area (TPSA) is 41.1 Å². The highest BCUT2D eigenvalue weighted by Gasteiger charge is 2.27. The molecule has 1 amide bonds. The molecular weight excluding hydrogens is 243 g/mol. The molecule has 1 aliphatic rings. The van der Waals surface area contributed by atoms with Gasteiger partial charge in [0.25, 0.3) is 3.91 Å². The Morgan fingerprint density at radius 2 is 2.10 bits per heavy atom. The first kappa shape index (κ1) is 8.26. The molecule has 10 heavy (non-hydrogen) atoms. The van der Waals surface area contributed by atoms with Crippen molar-refractivity contribution in [3.05, 3.63) is 0 Å². The van der Waals surface area contributed by atoms with Crippen molar-refractivity contribution in [3.8, 4) is 0 Å². The van der Waals surface area contributed by atoms with E-state index in [0.29, 0.717) is 12.1 Å². The molecule has 0 aliphatic heterocycles. The number of carbonyl (C=O) groups excluding carboxylic acids is 1. The molecule has 0 aromatic carbocycles. The van der Waals surface area contributed by atoms with Crippen LogP contribution in [0.1, 0.15) is 12.8 Å². The molecule has 0 unspecified atom stereocenters. The highest BCUT2D eigenvalue weighted by Crippen LogP contribution is 2.19. The van der Waals surface area contributed by atoms with E-state index in [-0.39, 0.29) is 3.91 Å². The summed E-state index contributed by atoms with van der Waals surface area (Å²) in [5.74, 6) is 0. The average Bonchev–Trinajstić information content (AvgIpc) is 1.76.